The lowest BCUT2D eigenvalue weighted by Crippen LogP contribution is -2.34. The number of rotatable bonds is 5. The number of fused-ring (bicyclic) bond motifs is 1. The van der Waals surface area contributed by atoms with Gasteiger partial charge < -0.3 is 14.8 Å². The first-order valence-corrected chi connectivity index (χ1v) is 7.82. The molecule has 0 heterocycles. The molecule has 0 saturated carbocycles. The zero-order valence-electron chi connectivity index (χ0n) is 13.3. The van der Waals surface area contributed by atoms with Crippen molar-refractivity contribution in [2.24, 2.45) is 0 Å². The van der Waals surface area contributed by atoms with Gasteiger partial charge in [-0.2, -0.15) is 0 Å². The van der Waals surface area contributed by atoms with E-state index in [4.69, 9.17) is 9.47 Å². The minimum absolute atomic E-state index is 0.519. The van der Waals surface area contributed by atoms with Crippen LogP contribution in [-0.2, 0) is 19.4 Å². The van der Waals surface area contributed by atoms with Crippen LogP contribution in [-0.4, -0.2) is 20.3 Å². The van der Waals surface area contributed by atoms with Crippen LogP contribution in [0.1, 0.15) is 23.1 Å². The van der Waals surface area contributed by atoms with Gasteiger partial charge in [-0.1, -0.05) is 36.4 Å². The zero-order valence-corrected chi connectivity index (χ0v) is 13.3. The van der Waals surface area contributed by atoms with E-state index in [0.717, 1.165) is 36.4 Å². The molecule has 0 amide bonds. The molecule has 0 radical (unpaired) electrons. The van der Waals surface area contributed by atoms with Gasteiger partial charge in [-0.3, -0.25) is 0 Å². The molecule has 0 saturated heterocycles. The lowest BCUT2D eigenvalue weighted by Gasteiger charge is -2.26. The molecule has 0 fully saturated rings. The average molecular weight is 297 g/mol. The van der Waals surface area contributed by atoms with Crippen LogP contribution in [0.4, 0.5) is 0 Å². The maximum absolute atomic E-state index is 5.50. The van der Waals surface area contributed by atoms with Crippen molar-refractivity contribution >= 4 is 0 Å². The Hall–Kier alpha value is -2.00. The Bertz CT molecular complexity index is 639. The van der Waals surface area contributed by atoms with Crippen molar-refractivity contribution in [3.8, 4) is 11.5 Å². The van der Waals surface area contributed by atoms with Gasteiger partial charge in [0.1, 0.15) is 0 Å². The van der Waals surface area contributed by atoms with Crippen LogP contribution in [0.2, 0.25) is 0 Å². The van der Waals surface area contributed by atoms with Crippen molar-refractivity contribution < 1.29 is 9.47 Å². The minimum atomic E-state index is 0.519. The number of benzene rings is 2. The fourth-order valence-corrected chi connectivity index (χ4v) is 3.22. The molecule has 22 heavy (non-hydrogen) atoms. The zero-order chi connectivity index (χ0) is 15.4. The Labute approximate surface area is 132 Å². The molecular formula is C19H23NO2. The molecule has 1 N–H and O–H groups in total. The van der Waals surface area contributed by atoms with Crippen molar-refractivity contribution in [3.63, 3.8) is 0 Å². The van der Waals surface area contributed by atoms with E-state index in [9.17, 15) is 0 Å². The molecule has 2 aromatic carbocycles. The second-order valence-electron chi connectivity index (χ2n) is 5.74. The van der Waals surface area contributed by atoms with Crippen LogP contribution in [0.25, 0.3) is 0 Å². The summed E-state index contributed by atoms with van der Waals surface area (Å²) in [5, 5.41) is 3.67. The van der Waals surface area contributed by atoms with Crippen LogP contribution in [0.3, 0.4) is 0 Å². The molecule has 3 nitrogen and oxygen atoms in total. The molecule has 0 bridgehead atoms. The van der Waals surface area contributed by atoms with E-state index in [2.05, 4.69) is 35.6 Å². The predicted molar refractivity (Wildman–Crippen MR) is 88.6 cm³/mol. The van der Waals surface area contributed by atoms with E-state index in [-0.39, 0.29) is 0 Å². The predicted octanol–water partition coefficient (Wildman–Crippen LogP) is 3.35. The molecule has 0 spiro atoms. The second-order valence-corrected chi connectivity index (χ2v) is 5.74. The SMILES string of the molecule is COc1cccc(CNC2CCc3ccccc3C2)c1OC. The summed E-state index contributed by atoms with van der Waals surface area (Å²) in [5.41, 5.74) is 4.11. The molecule has 1 aliphatic carbocycles. The standard InChI is InChI=1S/C19H23NO2/c1-21-18-9-5-8-16(19(18)22-2)13-20-17-11-10-14-6-3-4-7-15(14)12-17/h3-9,17,20H,10-13H2,1-2H3. The van der Waals surface area contributed by atoms with Crippen molar-refractivity contribution in [1.82, 2.24) is 5.32 Å². The normalized spacial score (nSPS) is 16.9. The lowest BCUT2D eigenvalue weighted by molar-refractivity contribution is 0.349. The summed E-state index contributed by atoms with van der Waals surface area (Å²) in [4.78, 5) is 0. The Kier molecular flexibility index (Phi) is 4.64. The van der Waals surface area contributed by atoms with Gasteiger partial charge in [-0.15, -0.1) is 0 Å². The average Bonchev–Trinajstić information content (AvgIpc) is 2.59. The van der Waals surface area contributed by atoms with Gasteiger partial charge in [0.2, 0.25) is 0 Å². The Morgan fingerprint density at radius 2 is 1.82 bits per heavy atom. The number of para-hydroxylation sites is 1. The first-order chi connectivity index (χ1) is 10.8. The number of nitrogens with one attached hydrogen (secondary N) is 1. The highest BCUT2D eigenvalue weighted by atomic mass is 16.5. The molecule has 0 aliphatic heterocycles. The van der Waals surface area contributed by atoms with Crippen molar-refractivity contribution in [2.75, 3.05) is 14.2 Å². The number of hydrogen-bond acceptors (Lipinski definition) is 3. The molecule has 3 heteroatoms. The van der Waals surface area contributed by atoms with Crippen molar-refractivity contribution in [2.45, 2.75) is 31.8 Å². The van der Waals surface area contributed by atoms with Crippen LogP contribution < -0.4 is 14.8 Å². The third kappa shape index (κ3) is 3.09. The maximum atomic E-state index is 5.50. The molecule has 1 unspecified atom stereocenters. The minimum Gasteiger partial charge on any atom is -0.493 e. The monoisotopic (exact) mass is 297 g/mol. The molecule has 1 atom stereocenters. The molecular weight excluding hydrogens is 274 g/mol. The van der Waals surface area contributed by atoms with E-state index >= 15 is 0 Å². The molecule has 1 aliphatic rings. The number of hydrogen-bond donors (Lipinski definition) is 1. The highest BCUT2D eigenvalue weighted by molar-refractivity contribution is 5.46. The van der Waals surface area contributed by atoms with Crippen LogP contribution in [0.15, 0.2) is 42.5 Å². The third-order valence-electron chi connectivity index (χ3n) is 4.41. The molecule has 0 aromatic heterocycles. The summed E-state index contributed by atoms with van der Waals surface area (Å²) in [6.07, 6.45) is 3.44. The Morgan fingerprint density at radius 1 is 1.00 bits per heavy atom. The van der Waals surface area contributed by atoms with E-state index in [1.54, 1.807) is 14.2 Å². The summed E-state index contributed by atoms with van der Waals surface area (Å²) >= 11 is 0. The van der Waals surface area contributed by atoms with Crippen LogP contribution in [0.5, 0.6) is 11.5 Å². The fourth-order valence-electron chi connectivity index (χ4n) is 3.22. The van der Waals surface area contributed by atoms with Gasteiger partial charge >= 0.3 is 0 Å². The number of aryl methyl sites for hydroxylation is 1. The topological polar surface area (TPSA) is 30.5 Å². The summed E-state index contributed by atoms with van der Waals surface area (Å²) in [5.74, 6) is 1.62. The number of methoxy groups -OCH3 is 2. The first-order valence-electron chi connectivity index (χ1n) is 7.82. The molecule has 3 rings (SSSR count). The fraction of sp³-hybridized carbons (Fsp3) is 0.368. The van der Waals surface area contributed by atoms with E-state index < -0.39 is 0 Å². The highest BCUT2D eigenvalue weighted by Crippen LogP contribution is 2.31. The van der Waals surface area contributed by atoms with Gasteiger partial charge in [0.05, 0.1) is 14.2 Å². The number of ether oxygens (including phenoxy) is 2. The third-order valence-corrected chi connectivity index (χ3v) is 4.41. The Morgan fingerprint density at radius 3 is 2.59 bits per heavy atom. The van der Waals surface area contributed by atoms with Gasteiger partial charge in [0, 0.05) is 18.2 Å². The van der Waals surface area contributed by atoms with Crippen molar-refractivity contribution in [1.29, 1.82) is 0 Å². The van der Waals surface area contributed by atoms with Gasteiger partial charge in [-0.25, -0.2) is 0 Å². The summed E-state index contributed by atoms with van der Waals surface area (Å²) in [6, 6.07) is 15.3. The van der Waals surface area contributed by atoms with Gasteiger partial charge in [0.15, 0.2) is 11.5 Å². The largest absolute Gasteiger partial charge is 0.493 e. The summed E-state index contributed by atoms with van der Waals surface area (Å²) in [6.45, 7) is 0.799. The molecule has 116 valence electrons. The molecule has 2 aromatic rings. The Balaban J connectivity index is 1.67. The summed E-state index contributed by atoms with van der Waals surface area (Å²) in [7, 11) is 3.37. The van der Waals surface area contributed by atoms with Crippen LogP contribution >= 0.6 is 0 Å². The lowest BCUT2D eigenvalue weighted by atomic mass is 9.88. The van der Waals surface area contributed by atoms with Gasteiger partial charge in [-0.05, 0) is 36.5 Å². The smallest absolute Gasteiger partial charge is 0.165 e. The van der Waals surface area contributed by atoms with E-state index in [1.165, 1.54) is 17.5 Å². The van der Waals surface area contributed by atoms with E-state index in [0.29, 0.717) is 6.04 Å². The highest BCUT2D eigenvalue weighted by Gasteiger charge is 2.18. The van der Waals surface area contributed by atoms with Crippen molar-refractivity contribution in [3.05, 3.63) is 59.2 Å². The van der Waals surface area contributed by atoms with Gasteiger partial charge in [0.25, 0.3) is 0 Å². The quantitative estimate of drug-likeness (QED) is 0.918. The summed E-state index contributed by atoms with van der Waals surface area (Å²) < 4.78 is 10.9. The van der Waals surface area contributed by atoms with Crippen LogP contribution in [0, 0.1) is 0 Å². The first kappa shape index (κ1) is 14.9. The maximum Gasteiger partial charge on any atom is 0.165 e. The van der Waals surface area contributed by atoms with E-state index in [1.807, 2.05) is 12.1 Å². The second kappa shape index (κ2) is 6.84.